The van der Waals surface area contributed by atoms with Crippen LogP contribution in [0.5, 0.6) is 0 Å². The molecule has 1 aromatic rings. The zero-order chi connectivity index (χ0) is 18.6. The fourth-order valence-electron chi connectivity index (χ4n) is 3.48. The zero-order valence-electron chi connectivity index (χ0n) is 16.3. The number of aliphatic imine (C=N–C) groups is 1. The topological polar surface area (TPSA) is 71.8 Å². The maximum Gasteiger partial charge on any atom is 0.310 e. The maximum atomic E-state index is 11.9. The van der Waals surface area contributed by atoms with Crippen molar-refractivity contribution in [1.29, 1.82) is 0 Å². The summed E-state index contributed by atoms with van der Waals surface area (Å²) in [6.07, 6.45) is 0.865. The molecule has 0 radical (unpaired) electrons. The van der Waals surface area contributed by atoms with E-state index in [1.165, 1.54) is 18.4 Å². The normalized spacial score (nSPS) is 20.9. The van der Waals surface area contributed by atoms with Crippen molar-refractivity contribution < 1.29 is 9.53 Å². The smallest absolute Gasteiger partial charge is 0.310 e. The van der Waals surface area contributed by atoms with Gasteiger partial charge in [0.2, 0.25) is 0 Å². The van der Waals surface area contributed by atoms with Crippen molar-refractivity contribution in [2.45, 2.75) is 34.1 Å². The van der Waals surface area contributed by atoms with Crippen LogP contribution in [0, 0.1) is 25.7 Å². The number of guanidine groups is 1. The first-order valence-electron chi connectivity index (χ1n) is 8.99. The molecule has 0 aromatic carbocycles. The third-order valence-corrected chi connectivity index (χ3v) is 5.03. The molecule has 140 valence electrons. The van der Waals surface area contributed by atoms with Crippen molar-refractivity contribution in [2.75, 3.05) is 33.3 Å². The second-order valence-corrected chi connectivity index (χ2v) is 6.77. The fourth-order valence-corrected chi connectivity index (χ4v) is 3.48. The first-order chi connectivity index (χ1) is 11.9. The summed E-state index contributed by atoms with van der Waals surface area (Å²) >= 11 is 0. The molecule has 1 N–H and O–H groups in total. The van der Waals surface area contributed by atoms with Gasteiger partial charge in [0.1, 0.15) is 0 Å². The SMILES string of the molecule is CCNC(=NCCc1c(C)nn(C)c1C)N1CC(C)C(C(=O)OC)C1. The molecule has 2 atom stereocenters. The van der Waals surface area contributed by atoms with Crippen molar-refractivity contribution in [2.24, 2.45) is 23.9 Å². The molecule has 0 saturated carbocycles. The predicted molar refractivity (Wildman–Crippen MR) is 98.6 cm³/mol. The van der Waals surface area contributed by atoms with Crippen LogP contribution in [0.2, 0.25) is 0 Å². The number of nitrogens with one attached hydrogen (secondary N) is 1. The largest absolute Gasteiger partial charge is 0.469 e. The Kier molecular flexibility index (Phi) is 6.45. The lowest BCUT2D eigenvalue weighted by Gasteiger charge is -2.21. The Morgan fingerprint density at radius 1 is 1.40 bits per heavy atom. The highest BCUT2D eigenvalue weighted by Crippen LogP contribution is 2.24. The van der Waals surface area contributed by atoms with E-state index in [4.69, 9.17) is 9.73 Å². The molecule has 0 bridgehead atoms. The molecule has 2 unspecified atom stereocenters. The van der Waals surface area contributed by atoms with Gasteiger partial charge in [-0.1, -0.05) is 6.92 Å². The Hall–Kier alpha value is -2.05. The minimum Gasteiger partial charge on any atom is -0.469 e. The van der Waals surface area contributed by atoms with Crippen molar-refractivity contribution in [1.82, 2.24) is 20.0 Å². The average molecular weight is 349 g/mol. The third-order valence-electron chi connectivity index (χ3n) is 5.03. The molecule has 1 saturated heterocycles. The molecule has 1 aliphatic rings. The molecule has 25 heavy (non-hydrogen) atoms. The van der Waals surface area contributed by atoms with Gasteiger partial charge in [-0.3, -0.25) is 14.5 Å². The van der Waals surface area contributed by atoms with E-state index >= 15 is 0 Å². The summed E-state index contributed by atoms with van der Waals surface area (Å²) in [6.45, 7) is 11.3. The number of rotatable bonds is 5. The predicted octanol–water partition coefficient (Wildman–Crippen LogP) is 1.29. The van der Waals surface area contributed by atoms with E-state index in [2.05, 4.69) is 36.1 Å². The maximum absolute atomic E-state index is 11.9. The van der Waals surface area contributed by atoms with Crippen LogP contribution < -0.4 is 5.32 Å². The van der Waals surface area contributed by atoms with Gasteiger partial charge in [0, 0.05) is 38.9 Å². The highest BCUT2D eigenvalue weighted by molar-refractivity contribution is 5.82. The number of ether oxygens (including phenoxy) is 1. The fraction of sp³-hybridized carbons (Fsp3) is 0.722. The molecule has 7 nitrogen and oxygen atoms in total. The van der Waals surface area contributed by atoms with Gasteiger partial charge in [-0.15, -0.1) is 0 Å². The lowest BCUT2D eigenvalue weighted by Crippen LogP contribution is -2.40. The van der Waals surface area contributed by atoms with Gasteiger partial charge in [-0.25, -0.2) is 0 Å². The van der Waals surface area contributed by atoms with Crippen molar-refractivity contribution in [3.8, 4) is 0 Å². The van der Waals surface area contributed by atoms with Crippen LogP contribution in [0.3, 0.4) is 0 Å². The first-order valence-corrected chi connectivity index (χ1v) is 8.99. The second-order valence-electron chi connectivity index (χ2n) is 6.77. The van der Waals surface area contributed by atoms with Crippen molar-refractivity contribution in [3.05, 3.63) is 17.0 Å². The number of esters is 1. The first kappa shape index (κ1) is 19.3. The molecule has 0 amide bonds. The molecule has 1 fully saturated rings. The lowest BCUT2D eigenvalue weighted by molar-refractivity contribution is -0.145. The molecular weight excluding hydrogens is 318 g/mol. The van der Waals surface area contributed by atoms with Crippen LogP contribution in [0.15, 0.2) is 4.99 Å². The van der Waals surface area contributed by atoms with Crippen LogP contribution in [-0.2, 0) is 23.0 Å². The monoisotopic (exact) mass is 349 g/mol. The van der Waals surface area contributed by atoms with Gasteiger partial charge in [0.05, 0.1) is 18.7 Å². The van der Waals surface area contributed by atoms with Crippen molar-refractivity contribution in [3.63, 3.8) is 0 Å². The number of hydrogen-bond acceptors (Lipinski definition) is 4. The number of methoxy groups -OCH3 is 1. The number of carbonyl (C=O) groups is 1. The Balaban J connectivity index is 2.05. The highest BCUT2D eigenvalue weighted by atomic mass is 16.5. The summed E-state index contributed by atoms with van der Waals surface area (Å²) < 4.78 is 6.84. The molecule has 2 heterocycles. The van der Waals surface area contributed by atoms with Gasteiger partial charge in [0.25, 0.3) is 0 Å². The molecule has 7 heteroatoms. The molecule has 0 aliphatic carbocycles. The van der Waals surface area contributed by atoms with E-state index in [1.54, 1.807) is 0 Å². The number of nitrogens with zero attached hydrogens (tertiary/aromatic N) is 4. The van der Waals surface area contributed by atoms with E-state index in [0.717, 1.165) is 31.2 Å². The van der Waals surface area contributed by atoms with Crippen LogP contribution in [0.1, 0.15) is 30.8 Å². The van der Waals surface area contributed by atoms with Gasteiger partial charge in [-0.2, -0.15) is 5.10 Å². The summed E-state index contributed by atoms with van der Waals surface area (Å²) in [5.41, 5.74) is 3.53. The number of carbonyl (C=O) groups excluding carboxylic acids is 1. The highest BCUT2D eigenvalue weighted by Gasteiger charge is 2.36. The van der Waals surface area contributed by atoms with Gasteiger partial charge in [-0.05, 0) is 38.7 Å². The second kappa shape index (κ2) is 8.36. The van der Waals surface area contributed by atoms with Gasteiger partial charge >= 0.3 is 5.97 Å². The van der Waals surface area contributed by atoms with Crippen LogP contribution in [0.25, 0.3) is 0 Å². The summed E-state index contributed by atoms with van der Waals surface area (Å²) in [6, 6.07) is 0. The average Bonchev–Trinajstić information content (AvgIpc) is 3.07. The molecule has 1 aliphatic heterocycles. The minimum absolute atomic E-state index is 0.0864. The molecule has 0 spiro atoms. The standard InChI is InChI=1S/C18H31N5O2/c1-7-19-18(23-10-12(2)16(11-23)17(24)25-6)20-9-8-15-13(3)21-22(5)14(15)4/h12,16H,7-11H2,1-6H3,(H,19,20). The summed E-state index contributed by atoms with van der Waals surface area (Å²) in [5, 5.41) is 7.81. The van der Waals surface area contributed by atoms with Crippen LogP contribution >= 0.6 is 0 Å². The summed E-state index contributed by atoms with van der Waals surface area (Å²) in [7, 11) is 3.42. The van der Waals surface area contributed by atoms with Gasteiger partial charge < -0.3 is 15.0 Å². The Morgan fingerprint density at radius 3 is 2.68 bits per heavy atom. The Bertz CT molecular complexity index is 638. The van der Waals surface area contributed by atoms with E-state index in [1.807, 2.05) is 18.7 Å². The lowest BCUT2D eigenvalue weighted by atomic mass is 9.99. The number of aromatic nitrogens is 2. The zero-order valence-corrected chi connectivity index (χ0v) is 16.3. The number of hydrogen-bond donors (Lipinski definition) is 1. The van der Waals surface area contributed by atoms with Gasteiger partial charge in [0.15, 0.2) is 5.96 Å². The summed E-state index contributed by atoms with van der Waals surface area (Å²) in [5.74, 6) is 0.920. The molecular formula is C18H31N5O2. The molecule has 2 rings (SSSR count). The van der Waals surface area contributed by atoms with E-state index in [0.29, 0.717) is 13.1 Å². The summed E-state index contributed by atoms with van der Waals surface area (Å²) in [4.78, 5) is 18.9. The Morgan fingerprint density at radius 2 is 2.12 bits per heavy atom. The number of aryl methyl sites for hydroxylation is 2. The van der Waals surface area contributed by atoms with E-state index in [9.17, 15) is 4.79 Å². The van der Waals surface area contributed by atoms with Crippen LogP contribution in [0.4, 0.5) is 0 Å². The third kappa shape index (κ3) is 4.32. The quantitative estimate of drug-likeness (QED) is 0.493. The Labute approximate surface area is 150 Å². The van der Waals surface area contributed by atoms with E-state index < -0.39 is 0 Å². The van der Waals surface area contributed by atoms with Crippen LogP contribution in [-0.4, -0.2) is 59.9 Å². The molecule has 1 aromatic heterocycles. The number of likely N-dealkylation sites (tertiary alicyclic amines) is 1. The van der Waals surface area contributed by atoms with E-state index in [-0.39, 0.29) is 17.8 Å². The van der Waals surface area contributed by atoms with Crippen molar-refractivity contribution >= 4 is 11.9 Å². The minimum atomic E-state index is -0.132.